The van der Waals surface area contributed by atoms with Gasteiger partial charge in [-0.1, -0.05) is 58.3 Å². The van der Waals surface area contributed by atoms with E-state index in [0.29, 0.717) is 5.02 Å². The molecule has 0 amide bonds. The molecular formula is C43H30Cl3F3N6O7S7. The van der Waals surface area contributed by atoms with E-state index in [1.54, 1.807) is 57.9 Å². The fourth-order valence-electron chi connectivity index (χ4n) is 5.61. The molecule has 0 aliphatic rings. The summed E-state index contributed by atoms with van der Waals surface area (Å²) in [5, 5.41) is 23.2. The van der Waals surface area contributed by atoms with Crippen molar-refractivity contribution >= 4 is 162 Å². The molecular weight excluding hydrogens is 1100 g/mol. The van der Waals surface area contributed by atoms with Gasteiger partial charge in [-0.3, -0.25) is 20.2 Å². The van der Waals surface area contributed by atoms with Gasteiger partial charge in [0, 0.05) is 54.8 Å². The van der Waals surface area contributed by atoms with E-state index >= 15 is 0 Å². The Kier molecular flexibility index (Phi) is 17.6. The summed E-state index contributed by atoms with van der Waals surface area (Å²) in [5.74, 6) is -0.613. The third-order valence-electron chi connectivity index (χ3n) is 8.86. The predicted molar refractivity (Wildman–Crippen MR) is 276 cm³/mol. The number of anilines is 1. The molecule has 0 bridgehead atoms. The van der Waals surface area contributed by atoms with Crippen LogP contribution in [0.2, 0.25) is 15.1 Å². The smallest absolute Gasteiger partial charge is 0.399 e. The van der Waals surface area contributed by atoms with Crippen molar-refractivity contribution in [3.63, 3.8) is 0 Å². The molecule has 0 saturated heterocycles. The van der Waals surface area contributed by atoms with E-state index in [4.69, 9.17) is 52.8 Å². The number of H-pyrrole nitrogens is 1. The number of fused-ring (bicyclic) bond motifs is 3. The molecule has 9 rings (SSSR count). The van der Waals surface area contributed by atoms with Crippen molar-refractivity contribution in [1.82, 2.24) is 15.0 Å². The van der Waals surface area contributed by atoms with E-state index in [-0.39, 0.29) is 21.9 Å². The molecule has 0 spiro atoms. The quantitative estimate of drug-likeness (QED) is 0.0364. The fourth-order valence-corrected chi connectivity index (χ4v) is 11.9. The Morgan fingerprint density at radius 2 is 1.13 bits per heavy atom. The first-order valence-electron chi connectivity index (χ1n) is 19.1. The van der Waals surface area contributed by atoms with Crippen LogP contribution in [-0.2, 0) is 10.1 Å². The highest BCUT2D eigenvalue weighted by molar-refractivity contribution is 8.01. The molecule has 0 aliphatic heterocycles. The van der Waals surface area contributed by atoms with Crippen LogP contribution in [0.25, 0.3) is 30.6 Å². The van der Waals surface area contributed by atoms with Gasteiger partial charge < -0.3 is 14.9 Å². The summed E-state index contributed by atoms with van der Waals surface area (Å²) in [6, 6.07) is 30.4. The van der Waals surface area contributed by atoms with Crippen molar-refractivity contribution < 1.29 is 35.6 Å². The predicted octanol–water partition coefficient (Wildman–Crippen LogP) is 16.1. The molecule has 0 saturated carbocycles. The first-order chi connectivity index (χ1) is 32.4. The second-order valence-corrected chi connectivity index (χ2v) is 23.2. The van der Waals surface area contributed by atoms with Crippen LogP contribution >= 0.6 is 105 Å². The Balaban J connectivity index is 0.000000154. The Morgan fingerprint density at radius 1 is 0.667 bits per heavy atom. The maximum atomic E-state index is 12.0. The highest BCUT2D eigenvalue weighted by atomic mass is 35.5. The molecule has 0 aliphatic carbocycles. The molecule has 358 valence electrons. The van der Waals surface area contributed by atoms with Crippen molar-refractivity contribution in [2.45, 2.75) is 44.7 Å². The van der Waals surface area contributed by atoms with E-state index in [9.17, 15) is 41.8 Å². The van der Waals surface area contributed by atoms with Crippen LogP contribution < -0.4 is 9.92 Å². The maximum Gasteiger partial charge on any atom is 0.534 e. The lowest BCUT2D eigenvalue weighted by molar-refractivity contribution is -0.385. The lowest BCUT2D eigenvalue weighted by Gasteiger charge is -2.10. The van der Waals surface area contributed by atoms with E-state index in [2.05, 4.69) is 26.1 Å². The van der Waals surface area contributed by atoms with Gasteiger partial charge in [0.2, 0.25) is 0 Å². The largest absolute Gasteiger partial charge is 0.534 e. The van der Waals surface area contributed by atoms with Gasteiger partial charge in [-0.05, 0) is 135 Å². The van der Waals surface area contributed by atoms with Crippen molar-refractivity contribution in [2.75, 3.05) is 5.73 Å². The minimum atomic E-state index is -5.78. The van der Waals surface area contributed by atoms with E-state index < -0.39 is 26.3 Å². The monoisotopic (exact) mass is 1130 g/mol. The molecule has 0 fully saturated rings. The normalized spacial score (nSPS) is 11.3. The summed E-state index contributed by atoms with van der Waals surface area (Å²) in [6.07, 6.45) is 0. The molecule has 26 heteroatoms. The van der Waals surface area contributed by atoms with Crippen LogP contribution in [0.4, 0.5) is 30.2 Å². The van der Waals surface area contributed by atoms with Crippen LogP contribution in [0, 0.1) is 45.0 Å². The molecule has 3 heterocycles. The number of aromatic nitrogens is 3. The number of hydrogen-bond donors (Lipinski definition) is 2. The van der Waals surface area contributed by atoms with Crippen LogP contribution in [-0.4, -0.2) is 38.7 Å². The number of alkyl halides is 3. The number of hydrogen-bond acceptors (Lipinski definition) is 16. The first kappa shape index (κ1) is 53.3. The average molecular weight is 1130 g/mol. The van der Waals surface area contributed by atoms with Gasteiger partial charge in [0.1, 0.15) is 5.75 Å². The molecule has 3 N–H and O–H groups in total. The van der Waals surface area contributed by atoms with E-state index in [1.807, 2.05) is 79.7 Å². The Bertz CT molecular complexity index is 3550. The van der Waals surface area contributed by atoms with Gasteiger partial charge in [-0.2, -0.15) is 21.6 Å². The fraction of sp³-hybridized carbons (Fsp3) is 0.0930. The average Bonchev–Trinajstić information content (AvgIpc) is 3.98. The first-order valence-corrected chi connectivity index (χ1v) is 26.1. The van der Waals surface area contributed by atoms with Crippen molar-refractivity contribution in [3.05, 3.63) is 165 Å². The van der Waals surface area contributed by atoms with Crippen LogP contribution in [0.15, 0.2) is 128 Å². The molecule has 69 heavy (non-hydrogen) atoms. The second kappa shape index (κ2) is 22.8. The lowest BCUT2D eigenvalue weighted by Crippen LogP contribution is -2.28. The van der Waals surface area contributed by atoms with Crippen molar-refractivity contribution in [1.29, 1.82) is 0 Å². The molecule has 0 unspecified atom stereocenters. The Labute approximate surface area is 430 Å². The van der Waals surface area contributed by atoms with Gasteiger partial charge in [0.15, 0.2) is 12.6 Å². The number of nitrogens with zero attached hydrogens (tertiary/aromatic N) is 4. The number of halogens is 6. The number of aryl methyl sites for hydroxylation is 3. The zero-order chi connectivity index (χ0) is 50.4. The topological polar surface area (TPSA) is 197 Å². The minimum Gasteiger partial charge on any atom is -0.399 e. The SMILES string of the molecule is Cc1cc(N)ccc1Sc1nc2cc(Cl)ccc2s1.Cc1cc([N+](=O)[O-])ccc1OS(=O)(=O)C(F)(F)F.Cc1cc([N+](=O)[O-])ccc1Sc1nc2cc(Cl)ccc2s1.S=c1[nH]c2cc(Cl)ccc2s1. The summed E-state index contributed by atoms with van der Waals surface area (Å²) in [7, 11) is -5.78. The Morgan fingerprint density at radius 3 is 1.61 bits per heavy atom. The summed E-state index contributed by atoms with van der Waals surface area (Å²) in [4.78, 5) is 34.3. The van der Waals surface area contributed by atoms with Crippen LogP contribution in [0.3, 0.4) is 0 Å². The zero-order valence-electron chi connectivity index (χ0n) is 35.2. The molecule has 6 aromatic carbocycles. The molecule has 0 radical (unpaired) electrons. The third-order valence-corrected chi connectivity index (χ3v) is 16.3. The number of aromatic amines is 1. The highest BCUT2D eigenvalue weighted by Crippen LogP contribution is 2.39. The van der Waals surface area contributed by atoms with Gasteiger partial charge in [0.25, 0.3) is 11.4 Å². The Hall–Kier alpha value is -5.08. The maximum absolute atomic E-state index is 12.0. The number of rotatable bonds is 8. The van der Waals surface area contributed by atoms with Gasteiger partial charge in [-0.25, -0.2) is 9.97 Å². The number of non-ortho nitro benzene ring substituents is 2. The number of nitrogens with one attached hydrogen (secondary N) is 1. The minimum absolute atomic E-state index is 0.1000. The van der Waals surface area contributed by atoms with Crippen LogP contribution in [0.5, 0.6) is 5.75 Å². The number of benzene rings is 6. The zero-order valence-corrected chi connectivity index (χ0v) is 43.2. The summed E-state index contributed by atoms with van der Waals surface area (Å²) in [6.45, 7) is 5.11. The second-order valence-electron chi connectivity index (χ2n) is 14.0. The standard InChI is InChI=1S/C14H9ClN2O2S2.C14H11ClN2S2.C8H6F3NO5S.C7H4ClNS2/c1-8-6-10(17(18)19)3-5-12(8)20-14-16-11-7-9(15)2-4-13(11)21-14;1-8-6-10(16)3-5-12(8)18-14-17-11-7-9(15)2-4-13(11)19-14;1-5-4-6(12(13)14)2-3-7(5)17-18(15,16)8(9,10)11;8-4-1-2-6-5(3-4)9-7(10)11-6/h2-7H,1H3;2-7H,16H2,1H3;2-4H,1H3;1-3H,(H,9,10). The lowest BCUT2D eigenvalue weighted by atomic mass is 10.2. The number of nitro benzene ring substituents is 2. The van der Waals surface area contributed by atoms with Crippen molar-refractivity contribution in [2.24, 2.45) is 0 Å². The van der Waals surface area contributed by atoms with Crippen LogP contribution in [0.1, 0.15) is 16.7 Å². The molecule has 0 atom stereocenters. The summed E-state index contributed by atoms with van der Waals surface area (Å²) >= 11 is 30.7. The molecule has 3 aromatic heterocycles. The van der Waals surface area contributed by atoms with E-state index in [1.165, 1.54) is 35.2 Å². The summed E-state index contributed by atoms with van der Waals surface area (Å²) in [5.41, 5.74) is 5.50. The van der Waals surface area contributed by atoms with E-state index in [0.717, 1.165) is 87.7 Å². The summed E-state index contributed by atoms with van der Waals surface area (Å²) < 4.78 is 67.5. The van der Waals surface area contributed by atoms with Gasteiger partial charge in [-0.15, -0.1) is 34.0 Å². The number of nitro groups is 2. The van der Waals surface area contributed by atoms with Gasteiger partial charge >= 0.3 is 15.6 Å². The molecule has 13 nitrogen and oxygen atoms in total. The number of nitrogen functional groups attached to an aromatic ring is 1. The van der Waals surface area contributed by atoms with Gasteiger partial charge in [0.05, 0.1) is 40.5 Å². The third kappa shape index (κ3) is 14.5. The number of thiazole rings is 3. The molecule has 9 aromatic rings. The highest BCUT2D eigenvalue weighted by Gasteiger charge is 2.48. The number of nitrogens with two attached hydrogens (primary N) is 1. The van der Waals surface area contributed by atoms with Crippen molar-refractivity contribution in [3.8, 4) is 5.75 Å².